The van der Waals surface area contributed by atoms with Gasteiger partial charge < -0.3 is 8.83 Å². The van der Waals surface area contributed by atoms with Crippen LogP contribution in [0.5, 0.6) is 0 Å². The molecule has 0 N–H and O–H groups in total. The third-order valence-corrected chi connectivity index (χ3v) is 7.62. The van der Waals surface area contributed by atoms with E-state index in [1.54, 1.807) is 0 Å². The number of furan rings is 2. The van der Waals surface area contributed by atoms with Crippen molar-refractivity contribution in [3.05, 3.63) is 115 Å². The Bertz CT molecular complexity index is 2390. The predicted molar refractivity (Wildman–Crippen MR) is 156 cm³/mol. The van der Waals surface area contributed by atoms with E-state index in [1.165, 1.54) is 0 Å². The number of fused-ring (bicyclic) bond motifs is 9. The SMILES string of the molecule is c1ccc(-c2nc(-n3c4ccccc4c4cc5oc6ccccc6c5cc43)c3oc4ccccc4c3n2)cc1. The minimum absolute atomic E-state index is 0.658. The highest BCUT2D eigenvalue weighted by Crippen LogP contribution is 2.40. The van der Waals surface area contributed by atoms with Crippen LogP contribution in [0.25, 0.3) is 83.0 Å². The van der Waals surface area contributed by atoms with Crippen LogP contribution >= 0.6 is 0 Å². The van der Waals surface area contributed by atoms with Crippen molar-refractivity contribution in [2.75, 3.05) is 0 Å². The molecule has 0 aliphatic carbocycles. The predicted octanol–water partition coefficient (Wildman–Crippen LogP) is 9.04. The highest BCUT2D eigenvalue weighted by molar-refractivity contribution is 6.17. The Balaban J connectivity index is 1.48. The van der Waals surface area contributed by atoms with Gasteiger partial charge in [-0.05, 0) is 36.4 Å². The summed E-state index contributed by atoms with van der Waals surface area (Å²) >= 11 is 0. The largest absolute Gasteiger partial charge is 0.456 e. The van der Waals surface area contributed by atoms with Crippen molar-refractivity contribution < 1.29 is 8.83 Å². The molecule has 182 valence electrons. The van der Waals surface area contributed by atoms with E-state index in [-0.39, 0.29) is 0 Å². The average Bonchev–Trinajstić information content (AvgIpc) is 3.65. The van der Waals surface area contributed by atoms with Gasteiger partial charge in [0.15, 0.2) is 17.2 Å². The number of nitrogens with zero attached hydrogens (tertiary/aromatic N) is 3. The van der Waals surface area contributed by atoms with Crippen LogP contribution in [0.3, 0.4) is 0 Å². The molecule has 0 amide bonds. The minimum atomic E-state index is 0.658. The number of aromatic nitrogens is 3. The molecule has 0 bridgehead atoms. The fourth-order valence-corrected chi connectivity index (χ4v) is 5.86. The molecular weight excluding hydrogens is 482 g/mol. The zero-order valence-corrected chi connectivity index (χ0v) is 20.6. The van der Waals surface area contributed by atoms with Gasteiger partial charge in [-0.25, -0.2) is 9.97 Å². The highest BCUT2D eigenvalue weighted by Gasteiger charge is 2.22. The molecule has 4 heterocycles. The molecule has 5 heteroatoms. The summed E-state index contributed by atoms with van der Waals surface area (Å²) in [5.74, 6) is 1.37. The number of rotatable bonds is 2. The summed E-state index contributed by atoms with van der Waals surface area (Å²) in [6.45, 7) is 0. The Morgan fingerprint density at radius 1 is 0.487 bits per heavy atom. The summed E-state index contributed by atoms with van der Waals surface area (Å²) in [4.78, 5) is 10.2. The summed E-state index contributed by atoms with van der Waals surface area (Å²) in [5, 5.41) is 5.35. The Labute approximate surface area is 221 Å². The second kappa shape index (κ2) is 7.55. The van der Waals surface area contributed by atoms with Crippen molar-refractivity contribution in [1.29, 1.82) is 0 Å². The van der Waals surface area contributed by atoms with E-state index >= 15 is 0 Å². The average molecular weight is 502 g/mol. The summed E-state index contributed by atoms with van der Waals surface area (Å²) < 4.78 is 14.9. The van der Waals surface area contributed by atoms with Crippen LogP contribution in [0.4, 0.5) is 0 Å². The molecule has 0 atom stereocenters. The van der Waals surface area contributed by atoms with Gasteiger partial charge in [-0.15, -0.1) is 0 Å². The molecule has 0 saturated carbocycles. The Morgan fingerprint density at radius 2 is 1.18 bits per heavy atom. The third-order valence-electron chi connectivity index (χ3n) is 7.62. The van der Waals surface area contributed by atoms with E-state index in [0.29, 0.717) is 17.2 Å². The smallest absolute Gasteiger partial charge is 0.197 e. The quantitative estimate of drug-likeness (QED) is 0.237. The number of para-hydroxylation sites is 3. The van der Waals surface area contributed by atoms with E-state index in [0.717, 1.165) is 65.8 Å². The maximum Gasteiger partial charge on any atom is 0.197 e. The van der Waals surface area contributed by atoms with Crippen molar-refractivity contribution in [2.24, 2.45) is 0 Å². The van der Waals surface area contributed by atoms with Crippen molar-refractivity contribution in [3.63, 3.8) is 0 Å². The lowest BCUT2D eigenvalue weighted by Gasteiger charge is -2.10. The number of benzene rings is 5. The van der Waals surface area contributed by atoms with Gasteiger partial charge in [-0.2, -0.15) is 0 Å². The highest BCUT2D eigenvalue weighted by atomic mass is 16.3. The van der Waals surface area contributed by atoms with Crippen molar-refractivity contribution in [1.82, 2.24) is 14.5 Å². The van der Waals surface area contributed by atoms with Gasteiger partial charge in [0.05, 0.1) is 11.0 Å². The number of hydrogen-bond acceptors (Lipinski definition) is 4. The van der Waals surface area contributed by atoms with Gasteiger partial charge >= 0.3 is 0 Å². The van der Waals surface area contributed by atoms with Gasteiger partial charge in [-0.3, -0.25) is 4.57 Å². The van der Waals surface area contributed by atoms with E-state index < -0.39 is 0 Å². The summed E-state index contributed by atoms with van der Waals surface area (Å²) in [5.41, 5.74) is 7.04. The molecule has 0 aliphatic rings. The fraction of sp³-hybridized carbons (Fsp3) is 0. The fourth-order valence-electron chi connectivity index (χ4n) is 5.86. The Hall–Kier alpha value is -5.42. The van der Waals surface area contributed by atoms with Gasteiger partial charge in [0, 0.05) is 32.5 Å². The van der Waals surface area contributed by atoms with Crippen LogP contribution < -0.4 is 0 Å². The first-order valence-corrected chi connectivity index (χ1v) is 12.9. The van der Waals surface area contributed by atoms with Crippen molar-refractivity contribution in [2.45, 2.75) is 0 Å². The molecule has 9 rings (SSSR count). The monoisotopic (exact) mass is 501 g/mol. The summed E-state index contributed by atoms with van der Waals surface area (Å²) in [6.07, 6.45) is 0. The molecule has 4 aromatic heterocycles. The van der Waals surface area contributed by atoms with Crippen LogP contribution in [0, 0.1) is 0 Å². The first-order valence-electron chi connectivity index (χ1n) is 12.9. The van der Waals surface area contributed by atoms with Crippen LogP contribution in [-0.4, -0.2) is 14.5 Å². The molecule has 5 aromatic carbocycles. The first-order chi connectivity index (χ1) is 19.3. The van der Waals surface area contributed by atoms with Gasteiger partial charge in [0.25, 0.3) is 0 Å². The van der Waals surface area contributed by atoms with Gasteiger partial charge in [0.2, 0.25) is 0 Å². The lowest BCUT2D eigenvalue weighted by molar-refractivity contribution is 0.662. The Kier molecular flexibility index (Phi) is 3.99. The van der Waals surface area contributed by atoms with Crippen LogP contribution in [0.2, 0.25) is 0 Å². The second-order valence-electron chi connectivity index (χ2n) is 9.83. The van der Waals surface area contributed by atoms with Crippen molar-refractivity contribution >= 4 is 65.8 Å². The molecule has 0 fully saturated rings. The normalized spacial score (nSPS) is 12.1. The minimum Gasteiger partial charge on any atom is -0.456 e. The van der Waals surface area contributed by atoms with E-state index in [2.05, 4.69) is 53.1 Å². The molecular formula is C34H19N3O2. The zero-order valence-electron chi connectivity index (χ0n) is 20.6. The van der Waals surface area contributed by atoms with Gasteiger partial charge in [-0.1, -0.05) is 78.9 Å². The summed E-state index contributed by atoms with van der Waals surface area (Å²) in [7, 11) is 0. The Morgan fingerprint density at radius 3 is 2.03 bits per heavy atom. The third kappa shape index (κ3) is 2.84. The standard InChI is InChI=1S/C34H19N3O2/c1-2-10-20(11-3-1)33-35-31-23-14-6-9-17-29(23)39-32(31)34(36-33)37-26-15-7-4-12-21(26)24-19-30-25(18-27(24)37)22-13-5-8-16-28(22)38-30/h1-19H. The molecule has 39 heavy (non-hydrogen) atoms. The summed E-state index contributed by atoms with van der Waals surface area (Å²) in [6, 6.07) is 39.1. The topological polar surface area (TPSA) is 57.0 Å². The molecule has 0 unspecified atom stereocenters. The van der Waals surface area contributed by atoms with Crippen molar-refractivity contribution in [3.8, 4) is 17.2 Å². The van der Waals surface area contributed by atoms with E-state index in [9.17, 15) is 0 Å². The molecule has 0 saturated heterocycles. The van der Waals surface area contributed by atoms with E-state index in [4.69, 9.17) is 18.8 Å². The van der Waals surface area contributed by atoms with E-state index in [1.807, 2.05) is 66.7 Å². The van der Waals surface area contributed by atoms with Gasteiger partial charge in [0.1, 0.15) is 22.3 Å². The molecule has 9 aromatic rings. The second-order valence-corrected chi connectivity index (χ2v) is 9.83. The maximum atomic E-state index is 6.47. The van der Waals surface area contributed by atoms with Crippen LogP contribution in [-0.2, 0) is 0 Å². The molecule has 0 radical (unpaired) electrons. The molecule has 5 nitrogen and oxygen atoms in total. The number of hydrogen-bond donors (Lipinski definition) is 0. The lowest BCUT2D eigenvalue weighted by atomic mass is 10.1. The lowest BCUT2D eigenvalue weighted by Crippen LogP contribution is -2.01. The maximum absolute atomic E-state index is 6.47. The van der Waals surface area contributed by atoms with Crippen LogP contribution in [0.1, 0.15) is 0 Å². The first kappa shape index (κ1) is 20.6. The van der Waals surface area contributed by atoms with Crippen LogP contribution in [0.15, 0.2) is 124 Å². The molecule has 0 spiro atoms. The molecule has 0 aliphatic heterocycles. The zero-order chi connectivity index (χ0) is 25.5.